The number of hydrogen-bond acceptors (Lipinski definition) is 4. The summed E-state index contributed by atoms with van der Waals surface area (Å²) in [4.78, 5) is 4.28. The smallest absolute Gasteiger partial charge is 0.136 e. The number of benzene rings is 1. The zero-order chi connectivity index (χ0) is 8.39. The van der Waals surface area contributed by atoms with Gasteiger partial charge < -0.3 is 10.7 Å². The molecule has 1 aromatic carbocycles. The first kappa shape index (κ1) is 7.12. The van der Waals surface area contributed by atoms with Crippen molar-refractivity contribution in [2.45, 2.75) is 0 Å². The summed E-state index contributed by atoms with van der Waals surface area (Å²) >= 11 is 0. The van der Waals surface area contributed by atoms with E-state index in [2.05, 4.69) is 15.7 Å². The molecule has 0 aliphatic carbocycles. The van der Waals surface area contributed by atoms with Gasteiger partial charge in [0.2, 0.25) is 0 Å². The first-order valence-corrected chi connectivity index (χ1v) is 3.77. The maximum atomic E-state index is 5.24. The van der Waals surface area contributed by atoms with E-state index < -0.39 is 0 Å². The molecule has 2 rings (SSSR count). The van der Waals surface area contributed by atoms with Gasteiger partial charge in [-0.1, -0.05) is 12.1 Å². The molecule has 0 saturated heterocycles. The highest BCUT2D eigenvalue weighted by atomic mass is 15.3. The minimum absolute atomic E-state index is 0.660. The molecule has 0 radical (unpaired) electrons. The third kappa shape index (κ3) is 1.12. The van der Waals surface area contributed by atoms with Crippen LogP contribution in [0.25, 0.3) is 0 Å². The van der Waals surface area contributed by atoms with Crippen LogP contribution in [0.4, 0.5) is 11.4 Å². The highest BCUT2D eigenvalue weighted by molar-refractivity contribution is 5.93. The van der Waals surface area contributed by atoms with Crippen LogP contribution in [0.1, 0.15) is 0 Å². The van der Waals surface area contributed by atoms with Gasteiger partial charge in [0, 0.05) is 0 Å². The summed E-state index contributed by atoms with van der Waals surface area (Å²) in [6.07, 6.45) is 0. The van der Waals surface area contributed by atoms with Crippen LogP contribution in [-0.4, -0.2) is 12.4 Å². The molecule has 4 heteroatoms. The number of anilines is 1. The van der Waals surface area contributed by atoms with Crippen LogP contribution < -0.4 is 16.6 Å². The van der Waals surface area contributed by atoms with Crippen molar-refractivity contribution in [1.29, 1.82) is 0 Å². The van der Waals surface area contributed by atoms with E-state index in [0.29, 0.717) is 6.54 Å². The lowest BCUT2D eigenvalue weighted by Gasteiger charge is -2.16. The molecule has 0 fully saturated rings. The van der Waals surface area contributed by atoms with Crippen molar-refractivity contribution in [2.24, 2.45) is 10.8 Å². The summed E-state index contributed by atoms with van der Waals surface area (Å²) < 4.78 is 0. The molecule has 12 heavy (non-hydrogen) atoms. The molecule has 0 aromatic heterocycles. The van der Waals surface area contributed by atoms with Crippen molar-refractivity contribution in [1.82, 2.24) is 5.43 Å². The number of fused-ring (bicyclic) bond motifs is 1. The fourth-order valence-corrected chi connectivity index (χ4v) is 1.17. The Balaban J connectivity index is 2.41. The van der Waals surface area contributed by atoms with Gasteiger partial charge in [-0.25, -0.2) is 10.8 Å². The monoisotopic (exact) mass is 162 g/mol. The number of nitrogens with two attached hydrogens (primary N) is 1. The number of hydrogen-bond donors (Lipinski definition) is 3. The quantitative estimate of drug-likeness (QED) is 0.387. The second-order valence-corrected chi connectivity index (χ2v) is 2.57. The fourth-order valence-electron chi connectivity index (χ4n) is 1.17. The number of para-hydroxylation sites is 2. The van der Waals surface area contributed by atoms with Crippen LogP contribution in [0, 0.1) is 0 Å². The Morgan fingerprint density at radius 2 is 2.25 bits per heavy atom. The summed E-state index contributed by atoms with van der Waals surface area (Å²) in [6, 6.07) is 7.86. The first-order valence-electron chi connectivity index (χ1n) is 3.77. The number of amidine groups is 1. The van der Waals surface area contributed by atoms with Gasteiger partial charge in [-0.05, 0) is 12.1 Å². The van der Waals surface area contributed by atoms with Crippen molar-refractivity contribution in [3.05, 3.63) is 24.3 Å². The number of rotatable bonds is 0. The molecular formula is C8H10N4. The Labute approximate surface area is 70.5 Å². The second kappa shape index (κ2) is 2.83. The summed E-state index contributed by atoms with van der Waals surface area (Å²) in [5.74, 6) is 6.00. The number of nitrogens with one attached hydrogen (secondary N) is 2. The minimum atomic E-state index is 0.660. The Bertz CT molecular complexity index is 319. The molecule has 1 aliphatic heterocycles. The predicted octanol–water partition coefficient (Wildman–Crippen LogP) is 0.605. The standard InChI is InChI=1S/C8H10N4/c9-12-8-5-10-6-3-1-2-4-7(6)11-8/h1-4,10H,5,9H2,(H,11,12). The van der Waals surface area contributed by atoms with E-state index in [9.17, 15) is 0 Å². The van der Waals surface area contributed by atoms with Crippen molar-refractivity contribution >= 4 is 17.2 Å². The van der Waals surface area contributed by atoms with Gasteiger partial charge in [0.05, 0.1) is 17.9 Å². The molecule has 1 aliphatic rings. The van der Waals surface area contributed by atoms with Crippen LogP contribution in [0.3, 0.4) is 0 Å². The zero-order valence-electron chi connectivity index (χ0n) is 6.54. The van der Waals surface area contributed by atoms with E-state index in [-0.39, 0.29) is 0 Å². The normalized spacial score (nSPS) is 14.2. The van der Waals surface area contributed by atoms with Crippen molar-refractivity contribution in [2.75, 3.05) is 11.9 Å². The van der Waals surface area contributed by atoms with Crippen LogP contribution in [0.15, 0.2) is 29.3 Å². The van der Waals surface area contributed by atoms with E-state index in [0.717, 1.165) is 17.2 Å². The van der Waals surface area contributed by atoms with E-state index in [1.165, 1.54) is 0 Å². The molecule has 0 amide bonds. The number of hydrazine groups is 1. The van der Waals surface area contributed by atoms with Crippen molar-refractivity contribution < 1.29 is 0 Å². The van der Waals surface area contributed by atoms with E-state index in [4.69, 9.17) is 5.84 Å². The zero-order valence-corrected chi connectivity index (χ0v) is 6.54. The molecular weight excluding hydrogens is 152 g/mol. The van der Waals surface area contributed by atoms with Crippen LogP contribution in [0.2, 0.25) is 0 Å². The summed E-state index contributed by atoms with van der Waals surface area (Å²) in [5, 5.41) is 3.19. The van der Waals surface area contributed by atoms with Gasteiger partial charge in [0.1, 0.15) is 5.84 Å². The molecule has 4 N–H and O–H groups in total. The minimum Gasteiger partial charge on any atom is -0.376 e. The van der Waals surface area contributed by atoms with E-state index in [1.54, 1.807) is 0 Å². The Kier molecular flexibility index (Phi) is 1.68. The third-order valence-corrected chi connectivity index (χ3v) is 1.77. The second-order valence-electron chi connectivity index (χ2n) is 2.57. The first-order chi connectivity index (χ1) is 5.90. The predicted molar refractivity (Wildman–Crippen MR) is 49.3 cm³/mol. The van der Waals surface area contributed by atoms with Crippen molar-refractivity contribution in [3.63, 3.8) is 0 Å². The van der Waals surface area contributed by atoms with Crippen LogP contribution in [0.5, 0.6) is 0 Å². The number of nitrogens with zero attached hydrogens (tertiary/aromatic N) is 1. The molecule has 0 bridgehead atoms. The molecule has 0 atom stereocenters. The van der Waals surface area contributed by atoms with E-state index >= 15 is 0 Å². The molecule has 4 nitrogen and oxygen atoms in total. The molecule has 1 aromatic rings. The average molecular weight is 162 g/mol. The highest BCUT2D eigenvalue weighted by Gasteiger charge is 2.07. The maximum absolute atomic E-state index is 5.24. The lowest BCUT2D eigenvalue weighted by molar-refractivity contribution is 0.993. The van der Waals surface area contributed by atoms with Gasteiger partial charge in [-0.2, -0.15) is 0 Å². The highest BCUT2D eigenvalue weighted by Crippen LogP contribution is 2.26. The summed E-state index contributed by atoms with van der Waals surface area (Å²) in [5.41, 5.74) is 4.51. The lowest BCUT2D eigenvalue weighted by atomic mass is 10.2. The average Bonchev–Trinajstić information content (AvgIpc) is 2.17. The molecule has 0 unspecified atom stereocenters. The fraction of sp³-hybridized carbons (Fsp3) is 0.125. The van der Waals surface area contributed by atoms with Gasteiger partial charge in [-0.15, -0.1) is 0 Å². The topological polar surface area (TPSA) is 62.4 Å². The van der Waals surface area contributed by atoms with Gasteiger partial charge >= 0.3 is 0 Å². The van der Waals surface area contributed by atoms with Crippen LogP contribution in [-0.2, 0) is 0 Å². The van der Waals surface area contributed by atoms with Crippen LogP contribution >= 0.6 is 0 Å². The lowest BCUT2D eigenvalue weighted by Crippen LogP contribution is -2.36. The van der Waals surface area contributed by atoms with Gasteiger partial charge in [0.15, 0.2) is 0 Å². The molecule has 0 saturated carbocycles. The Hall–Kier alpha value is -1.55. The third-order valence-electron chi connectivity index (χ3n) is 1.77. The van der Waals surface area contributed by atoms with Gasteiger partial charge in [-0.3, -0.25) is 0 Å². The largest absolute Gasteiger partial charge is 0.376 e. The Morgan fingerprint density at radius 1 is 1.42 bits per heavy atom. The summed E-state index contributed by atoms with van der Waals surface area (Å²) in [7, 11) is 0. The van der Waals surface area contributed by atoms with Gasteiger partial charge in [0.25, 0.3) is 0 Å². The number of aliphatic imine (C=N–C) groups is 1. The molecule has 0 spiro atoms. The maximum Gasteiger partial charge on any atom is 0.136 e. The SMILES string of the molecule is NNC1=Nc2ccccc2NC1. The van der Waals surface area contributed by atoms with Crippen molar-refractivity contribution in [3.8, 4) is 0 Å². The molecule has 62 valence electrons. The Morgan fingerprint density at radius 3 is 3.08 bits per heavy atom. The summed E-state index contributed by atoms with van der Waals surface area (Å²) in [6.45, 7) is 0.660. The molecule has 1 heterocycles. The van der Waals surface area contributed by atoms with E-state index in [1.807, 2.05) is 24.3 Å².